The summed E-state index contributed by atoms with van der Waals surface area (Å²) >= 11 is 0. The first-order chi connectivity index (χ1) is 20.5. The number of H-pyrrole nitrogens is 1. The van der Waals surface area contributed by atoms with E-state index < -0.39 is 0 Å². The van der Waals surface area contributed by atoms with E-state index in [0.717, 1.165) is 43.9 Å². The number of amides is 1. The second kappa shape index (κ2) is 14.1. The number of hydrogen-bond donors (Lipinski definition) is 3. The number of benzene rings is 1. The summed E-state index contributed by atoms with van der Waals surface area (Å²) in [6.45, 7) is 14.4. The monoisotopic (exact) mass is 581 g/mol. The number of carbonyl (C=O) groups is 1. The van der Waals surface area contributed by atoms with Gasteiger partial charge in [0.15, 0.2) is 0 Å². The number of piperazine rings is 1. The number of allylic oxidation sites excluding steroid dienone is 5. The molecule has 0 atom stereocenters. The van der Waals surface area contributed by atoms with Crippen molar-refractivity contribution in [3.05, 3.63) is 106 Å². The van der Waals surface area contributed by atoms with Crippen LogP contribution >= 0.6 is 0 Å². The number of pyridine rings is 1. The molecule has 1 aromatic carbocycles. The summed E-state index contributed by atoms with van der Waals surface area (Å²) in [6.07, 6.45) is 10.2. The predicted octanol–water partition coefficient (Wildman–Crippen LogP) is 5.64. The Morgan fingerprint density at radius 2 is 1.79 bits per heavy atom. The fourth-order valence-electron chi connectivity index (χ4n) is 4.64. The van der Waals surface area contributed by atoms with Gasteiger partial charge in [-0.3, -0.25) is 9.59 Å². The molecule has 3 heterocycles. The Morgan fingerprint density at radius 1 is 1.07 bits per heavy atom. The molecule has 0 bridgehead atoms. The van der Waals surface area contributed by atoms with E-state index >= 15 is 0 Å². The van der Waals surface area contributed by atoms with Crippen molar-refractivity contribution in [3.63, 3.8) is 0 Å². The number of carbonyl (C=O) groups excluding carboxylic acids is 1. The van der Waals surface area contributed by atoms with Gasteiger partial charge in [0.25, 0.3) is 11.5 Å². The average Bonchev–Trinajstić information content (AvgIpc) is 2.98. The highest BCUT2D eigenvalue weighted by Gasteiger charge is 2.16. The molecular formula is C34H43N7O2. The van der Waals surface area contributed by atoms with E-state index in [1.165, 1.54) is 5.56 Å². The van der Waals surface area contributed by atoms with Gasteiger partial charge in [-0.1, -0.05) is 58.1 Å². The fraction of sp³-hybridized carbons (Fsp3) is 0.353. The number of aromatic nitrogens is 3. The van der Waals surface area contributed by atoms with E-state index in [2.05, 4.69) is 63.4 Å². The smallest absolute Gasteiger partial charge is 0.287 e. The first kappa shape index (κ1) is 31.4. The molecule has 0 spiro atoms. The van der Waals surface area contributed by atoms with Gasteiger partial charge in [0.1, 0.15) is 11.5 Å². The molecule has 1 aliphatic rings. The fourth-order valence-corrected chi connectivity index (χ4v) is 4.64. The van der Waals surface area contributed by atoms with Crippen LogP contribution in [0.2, 0.25) is 0 Å². The number of anilines is 3. The van der Waals surface area contributed by atoms with Gasteiger partial charge >= 0.3 is 0 Å². The van der Waals surface area contributed by atoms with Crippen LogP contribution in [0.15, 0.2) is 83.5 Å². The molecule has 9 heteroatoms. The SMILES string of the molecule is CC/C=C(/C=C\C=C(/C)c1cc(Nc2ccc(N3CCN(C)CC3)cn2)c(=O)[nH]n1)NC(=O)c1ccc(C(C)(C)C)cc1. The second-order valence-electron chi connectivity index (χ2n) is 11.9. The Morgan fingerprint density at radius 3 is 2.42 bits per heavy atom. The van der Waals surface area contributed by atoms with E-state index in [4.69, 9.17) is 0 Å². The molecule has 1 aliphatic heterocycles. The van der Waals surface area contributed by atoms with Crippen molar-refractivity contribution in [2.75, 3.05) is 43.4 Å². The molecule has 9 nitrogen and oxygen atoms in total. The molecule has 1 saturated heterocycles. The van der Waals surface area contributed by atoms with E-state index in [1.807, 2.05) is 80.7 Å². The first-order valence-electron chi connectivity index (χ1n) is 14.8. The maximum absolute atomic E-state index is 12.9. The Labute approximate surface area is 254 Å². The second-order valence-corrected chi connectivity index (χ2v) is 11.9. The minimum absolute atomic E-state index is 0.0275. The lowest BCUT2D eigenvalue weighted by Crippen LogP contribution is -2.44. The van der Waals surface area contributed by atoms with E-state index in [9.17, 15) is 9.59 Å². The predicted molar refractivity (Wildman–Crippen MR) is 176 cm³/mol. The topological polar surface area (TPSA) is 106 Å². The summed E-state index contributed by atoms with van der Waals surface area (Å²) in [4.78, 5) is 34.5. The highest BCUT2D eigenvalue weighted by atomic mass is 16.1. The molecule has 0 saturated carbocycles. The van der Waals surface area contributed by atoms with Gasteiger partial charge in [-0.15, -0.1) is 0 Å². The lowest BCUT2D eigenvalue weighted by atomic mass is 9.87. The molecule has 2 aromatic heterocycles. The Hall–Kier alpha value is -4.50. The summed E-state index contributed by atoms with van der Waals surface area (Å²) in [5, 5.41) is 12.9. The number of nitrogens with zero attached hydrogens (tertiary/aromatic N) is 4. The van der Waals surface area contributed by atoms with Crippen LogP contribution in [0, 0.1) is 0 Å². The van der Waals surface area contributed by atoms with Crippen LogP contribution in [0.25, 0.3) is 5.57 Å². The van der Waals surface area contributed by atoms with Crippen molar-refractivity contribution in [2.45, 2.75) is 46.5 Å². The minimum atomic E-state index is -0.330. The van der Waals surface area contributed by atoms with Gasteiger partial charge in [-0.2, -0.15) is 5.10 Å². The summed E-state index contributed by atoms with van der Waals surface area (Å²) in [5.74, 6) is 0.425. The zero-order chi connectivity index (χ0) is 31.0. The van der Waals surface area contributed by atoms with Crippen molar-refractivity contribution in [1.82, 2.24) is 25.4 Å². The summed E-state index contributed by atoms with van der Waals surface area (Å²) in [5.41, 5.74) is 5.08. The van der Waals surface area contributed by atoms with Crippen LogP contribution in [-0.4, -0.2) is 59.2 Å². The summed E-state index contributed by atoms with van der Waals surface area (Å²) in [7, 11) is 2.13. The number of rotatable bonds is 9. The summed E-state index contributed by atoms with van der Waals surface area (Å²) < 4.78 is 0. The van der Waals surface area contributed by atoms with Gasteiger partial charge in [0.2, 0.25) is 0 Å². The van der Waals surface area contributed by atoms with Gasteiger partial charge < -0.3 is 20.4 Å². The maximum Gasteiger partial charge on any atom is 0.287 e. The molecule has 1 fully saturated rings. The van der Waals surface area contributed by atoms with Crippen molar-refractivity contribution >= 4 is 28.7 Å². The standard InChI is InChI=1S/C34H43N7O2/c1-7-9-27(36-32(42)25-12-14-26(15-13-25)34(3,4)5)11-8-10-24(2)29-22-30(33(43)39-38-29)37-31-17-16-28(23-35-31)41-20-18-40(6)19-21-41/h8-17,22-23H,7,18-21H2,1-6H3,(H,36,42)(H,39,43)(H,35,37,38)/b11-8-,24-10+,27-9-. The molecule has 1 amide bonds. The third kappa shape index (κ3) is 8.75. The van der Waals surface area contributed by atoms with E-state index in [0.29, 0.717) is 28.5 Å². The number of aromatic amines is 1. The molecule has 226 valence electrons. The molecule has 0 aliphatic carbocycles. The quantitative estimate of drug-likeness (QED) is 0.281. The van der Waals surface area contributed by atoms with Crippen LogP contribution in [0.4, 0.5) is 17.2 Å². The van der Waals surface area contributed by atoms with Crippen molar-refractivity contribution in [3.8, 4) is 0 Å². The molecular weight excluding hydrogens is 538 g/mol. The third-order valence-corrected chi connectivity index (χ3v) is 7.40. The van der Waals surface area contributed by atoms with Crippen LogP contribution < -0.4 is 21.1 Å². The lowest BCUT2D eigenvalue weighted by Gasteiger charge is -2.33. The lowest BCUT2D eigenvalue weighted by molar-refractivity contribution is 0.0967. The Kier molecular flexibility index (Phi) is 10.3. The third-order valence-electron chi connectivity index (χ3n) is 7.40. The first-order valence-corrected chi connectivity index (χ1v) is 14.8. The van der Waals surface area contributed by atoms with Crippen LogP contribution in [0.3, 0.4) is 0 Å². The molecule has 3 aromatic rings. The average molecular weight is 582 g/mol. The zero-order valence-electron chi connectivity index (χ0n) is 26.1. The summed E-state index contributed by atoms with van der Waals surface area (Å²) in [6, 6.07) is 13.3. The van der Waals surface area contributed by atoms with Crippen molar-refractivity contribution < 1.29 is 4.79 Å². The van der Waals surface area contributed by atoms with Gasteiger partial charge in [-0.05, 0) is 73.4 Å². The minimum Gasteiger partial charge on any atom is -0.368 e. The van der Waals surface area contributed by atoms with E-state index in [-0.39, 0.29) is 16.9 Å². The van der Waals surface area contributed by atoms with Crippen LogP contribution in [0.5, 0.6) is 0 Å². The van der Waals surface area contributed by atoms with Gasteiger partial charge in [0.05, 0.1) is 17.6 Å². The normalized spacial score (nSPS) is 15.2. The molecule has 0 radical (unpaired) electrons. The van der Waals surface area contributed by atoms with Crippen LogP contribution in [-0.2, 0) is 5.41 Å². The molecule has 43 heavy (non-hydrogen) atoms. The molecule has 0 unspecified atom stereocenters. The van der Waals surface area contributed by atoms with Gasteiger partial charge in [0, 0.05) is 37.4 Å². The van der Waals surface area contributed by atoms with Crippen molar-refractivity contribution in [1.29, 1.82) is 0 Å². The zero-order valence-corrected chi connectivity index (χ0v) is 26.1. The largest absolute Gasteiger partial charge is 0.368 e. The van der Waals surface area contributed by atoms with Gasteiger partial charge in [-0.25, -0.2) is 10.1 Å². The number of hydrogen-bond acceptors (Lipinski definition) is 7. The number of likely N-dealkylation sites (N-methyl/N-ethyl adjacent to an activating group) is 1. The highest BCUT2D eigenvalue weighted by molar-refractivity contribution is 5.95. The van der Waals surface area contributed by atoms with E-state index in [1.54, 1.807) is 6.07 Å². The molecule has 4 rings (SSSR count). The Balaban J connectivity index is 1.41. The van der Waals surface area contributed by atoms with Crippen LogP contribution in [0.1, 0.15) is 62.7 Å². The maximum atomic E-state index is 12.9. The Bertz CT molecular complexity index is 1540. The van der Waals surface area contributed by atoms with Crippen molar-refractivity contribution in [2.24, 2.45) is 0 Å². The highest BCUT2D eigenvalue weighted by Crippen LogP contribution is 2.23. The number of nitrogens with one attached hydrogen (secondary N) is 3. The molecule has 3 N–H and O–H groups in total.